The smallest absolute Gasteiger partial charge is 0.264 e. The van der Waals surface area contributed by atoms with Crippen LogP contribution in [0.3, 0.4) is 0 Å². The Hall–Kier alpha value is -3.90. The number of benzene rings is 4. The van der Waals surface area contributed by atoms with Crippen LogP contribution in [0.4, 0.5) is 5.69 Å². The van der Waals surface area contributed by atoms with Crippen LogP contribution in [-0.4, -0.2) is 14.3 Å². The summed E-state index contributed by atoms with van der Waals surface area (Å²) >= 11 is 0. The van der Waals surface area contributed by atoms with Crippen LogP contribution >= 0.6 is 0 Å². The van der Waals surface area contributed by atoms with Crippen molar-refractivity contribution in [1.29, 1.82) is 0 Å². The lowest BCUT2D eigenvalue weighted by atomic mass is 10.0. The van der Waals surface area contributed by atoms with E-state index in [1.54, 1.807) is 66.7 Å². The van der Waals surface area contributed by atoms with Crippen molar-refractivity contribution >= 4 is 21.6 Å². The quantitative estimate of drug-likeness (QED) is 0.319. The number of nitrogens with one attached hydrogen (secondary N) is 1. The summed E-state index contributed by atoms with van der Waals surface area (Å²) < 4.78 is 28.3. The largest absolute Gasteiger partial charge is 0.345 e. The first-order valence-corrected chi connectivity index (χ1v) is 13.0. The molecule has 6 heteroatoms. The number of para-hydroxylation sites is 1. The first kappa shape index (κ1) is 24.2. The molecule has 5 nitrogen and oxygen atoms in total. The van der Waals surface area contributed by atoms with Gasteiger partial charge in [-0.3, -0.25) is 9.10 Å². The van der Waals surface area contributed by atoms with E-state index in [-0.39, 0.29) is 23.4 Å². The van der Waals surface area contributed by atoms with Crippen LogP contribution in [0, 0.1) is 0 Å². The molecule has 0 saturated carbocycles. The van der Waals surface area contributed by atoms with Crippen LogP contribution in [0.5, 0.6) is 0 Å². The maximum absolute atomic E-state index is 13.5. The van der Waals surface area contributed by atoms with Crippen LogP contribution < -0.4 is 9.62 Å². The molecule has 0 radical (unpaired) electrons. The van der Waals surface area contributed by atoms with E-state index in [0.29, 0.717) is 11.3 Å². The lowest BCUT2D eigenvalue weighted by Crippen LogP contribution is -2.30. The maximum Gasteiger partial charge on any atom is 0.264 e. The minimum atomic E-state index is -3.77. The minimum Gasteiger partial charge on any atom is -0.345 e. The predicted molar refractivity (Wildman–Crippen MR) is 140 cm³/mol. The summed E-state index contributed by atoms with van der Waals surface area (Å²) in [5, 5.41) is 3.09. The number of anilines is 1. The van der Waals surface area contributed by atoms with E-state index in [4.69, 9.17) is 0 Å². The topological polar surface area (TPSA) is 66.5 Å². The maximum atomic E-state index is 13.5. The Morgan fingerprint density at radius 1 is 0.771 bits per heavy atom. The van der Waals surface area contributed by atoms with Crippen LogP contribution in [0.2, 0.25) is 0 Å². The van der Waals surface area contributed by atoms with Gasteiger partial charge >= 0.3 is 0 Å². The molecule has 0 bridgehead atoms. The summed E-state index contributed by atoms with van der Waals surface area (Å²) in [7, 11) is -3.77. The lowest BCUT2D eigenvalue weighted by Gasteiger charge is -2.25. The number of nitrogens with zero attached hydrogens (tertiary/aromatic N) is 1. The molecule has 35 heavy (non-hydrogen) atoms. The zero-order valence-corrected chi connectivity index (χ0v) is 20.4. The molecule has 1 atom stereocenters. The van der Waals surface area contributed by atoms with E-state index in [1.807, 2.05) is 55.5 Å². The third-order valence-electron chi connectivity index (χ3n) is 5.83. The molecule has 1 N–H and O–H groups in total. The summed E-state index contributed by atoms with van der Waals surface area (Å²) in [6, 6.07) is 34.3. The number of amides is 1. The Morgan fingerprint density at radius 2 is 1.31 bits per heavy atom. The van der Waals surface area contributed by atoms with Gasteiger partial charge in [0.15, 0.2) is 0 Å². The average Bonchev–Trinajstić information content (AvgIpc) is 2.92. The highest BCUT2D eigenvalue weighted by molar-refractivity contribution is 7.92. The van der Waals surface area contributed by atoms with Crippen molar-refractivity contribution < 1.29 is 13.2 Å². The van der Waals surface area contributed by atoms with Crippen molar-refractivity contribution in [3.63, 3.8) is 0 Å². The van der Waals surface area contributed by atoms with E-state index in [2.05, 4.69) is 5.32 Å². The molecule has 4 aromatic carbocycles. The van der Waals surface area contributed by atoms with Gasteiger partial charge in [-0.05, 0) is 53.9 Å². The van der Waals surface area contributed by atoms with Crippen LogP contribution in [0.1, 0.15) is 40.9 Å². The van der Waals surface area contributed by atoms with Crippen molar-refractivity contribution in [3.8, 4) is 0 Å². The second-order valence-corrected chi connectivity index (χ2v) is 10.1. The number of rotatable bonds is 9. The third-order valence-corrected chi connectivity index (χ3v) is 7.62. The zero-order chi connectivity index (χ0) is 24.7. The SMILES string of the molecule is CC[C@H](NC(=O)c1ccc(CN(c2ccccc2)S(=O)(=O)c2ccccc2)cc1)c1ccccc1. The number of hydrogen-bond acceptors (Lipinski definition) is 3. The molecule has 1 amide bonds. The molecule has 0 saturated heterocycles. The van der Waals surface area contributed by atoms with Gasteiger partial charge in [0.05, 0.1) is 23.2 Å². The molecule has 0 aliphatic heterocycles. The molecule has 0 fully saturated rings. The van der Waals surface area contributed by atoms with Gasteiger partial charge in [-0.1, -0.05) is 85.8 Å². The molecule has 0 aromatic heterocycles. The highest BCUT2D eigenvalue weighted by atomic mass is 32.2. The van der Waals surface area contributed by atoms with Gasteiger partial charge in [0.2, 0.25) is 0 Å². The second-order valence-electron chi connectivity index (χ2n) is 8.20. The van der Waals surface area contributed by atoms with Crippen molar-refractivity contribution in [2.75, 3.05) is 4.31 Å². The van der Waals surface area contributed by atoms with E-state index in [1.165, 1.54) is 4.31 Å². The van der Waals surface area contributed by atoms with Gasteiger partial charge in [-0.25, -0.2) is 8.42 Å². The Balaban J connectivity index is 1.55. The molecular weight excluding hydrogens is 456 g/mol. The number of sulfonamides is 1. The van der Waals surface area contributed by atoms with Gasteiger partial charge in [0.1, 0.15) is 0 Å². The molecule has 4 aromatic rings. The molecule has 0 aliphatic carbocycles. The van der Waals surface area contributed by atoms with Crippen LogP contribution in [-0.2, 0) is 16.6 Å². The number of hydrogen-bond donors (Lipinski definition) is 1. The predicted octanol–water partition coefficient (Wildman–Crippen LogP) is 5.96. The van der Waals surface area contributed by atoms with Gasteiger partial charge in [-0.15, -0.1) is 0 Å². The molecule has 178 valence electrons. The standard InChI is InChI=1S/C29H28N2O3S/c1-2-28(24-12-6-3-7-13-24)30-29(32)25-20-18-23(19-21-25)22-31(26-14-8-4-9-15-26)35(33,34)27-16-10-5-11-17-27/h3-21,28H,2,22H2,1H3,(H,30,32)/t28-/m0/s1. The fourth-order valence-corrected chi connectivity index (χ4v) is 5.38. The van der Waals surface area contributed by atoms with Gasteiger partial charge in [-0.2, -0.15) is 0 Å². The van der Waals surface area contributed by atoms with E-state index < -0.39 is 10.0 Å². The third kappa shape index (κ3) is 5.78. The van der Waals surface area contributed by atoms with Crippen molar-refractivity contribution in [1.82, 2.24) is 5.32 Å². The van der Waals surface area contributed by atoms with Gasteiger partial charge in [0.25, 0.3) is 15.9 Å². The second kappa shape index (κ2) is 11.0. The zero-order valence-electron chi connectivity index (χ0n) is 19.5. The van der Waals surface area contributed by atoms with Crippen LogP contribution in [0.25, 0.3) is 0 Å². The first-order chi connectivity index (χ1) is 17.0. The summed E-state index contributed by atoms with van der Waals surface area (Å²) in [6.07, 6.45) is 0.775. The summed E-state index contributed by atoms with van der Waals surface area (Å²) in [4.78, 5) is 13.1. The number of carbonyl (C=O) groups excluding carboxylic acids is 1. The average molecular weight is 485 g/mol. The molecule has 0 aliphatic rings. The monoisotopic (exact) mass is 484 g/mol. The van der Waals surface area contributed by atoms with E-state index in [0.717, 1.165) is 17.5 Å². The summed E-state index contributed by atoms with van der Waals surface area (Å²) in [6.45, 7) is 2.18. The first-order valence-electron chi connectivity index (χ1n) is 11.6. The Labute approximate surface area is 207 Å². The van der Waals surface area contributed by atoms with Crippen LogP contribution in [0.15, 0.2) is 120 Å². The molecular formula is C29H28N2O3S. The fourth-order valence-electron chi connectivity index (χ4n) is 3.90. The molecule has 0 unspecified atom stereocenters. The van der Waals surface area contributed by atoms with Crippen molar-refractivity contribution in [3.05, 3.63) is 132 Å². The highest BCUT2D eigenvalue weighted by Gasteiger charge is 2.25. The van der Waals surface area contributed by atoms with E-state index in [9.17, 15) is 13.2 Å². The summed E-state index contributed by atoms with van der Waals surface area (Å²) in [5.41, 5.74) is 2.94. The molecule has 0 heterocycles. The summed E-state index contributed by atoms with van der Waals surface area (Å²) in [5.74, 6) is -0.163. The van der Waals surface area contributed by atoms with Crippen molar-refractivity contribution in [2.45, 2.75) is 30.8 Å². The minimum absolute atomic E-state index is 0.0760. The fraction of sp³-hybridized carbons (Fsp3) is 0.138. The Morgan fingerprint density at radius 3 is 1.89 bits per heavy atom. The van der Waals surface area contributed by atoms with Crippen molar-refractivity contribution in [2.24, 2.45) is 0 Å². The van der Waals surface area contributed by atoms with E-state index >= 15 is 0 Å². The lowest BCUT2D eigenvalue weighted by molar-refractivity contribution is 0.0935. The Kier molecular flexibility index (Phi) is 7.63. The normalized spacial score (nSPS) is 12.0. The Bertz CT molecular complexity index is 1340. The van der Waals surface area contributed by atoms with Gasteiger partial charge < -0.3 is 5.32 Å². The van der Waals surface area contributed by atoms with Gasteiger partial charge in [0, 0.05) is 5.56 Å². The highest BCUT2D eigenvalue weighted by Crippen LogP contribution is 2.26. The molecule has 4 rings (SSSR count). The number of carbonyl (C=O) groups is 1. The molecule has 0 spiro atoms.